The summed E-state index contributed by atoms with van der Waals surface area (Å²) in [7, 11) is -0.986. The van der Waals surface area contributed by atoms with Crippen molar-refractivity contribution in [3.63, 3.8) is 0 Å². The minimum absolute atomic E-state index is 0.0596. The number of benzene rings is 2. The van der Waals surface area contributed by atoms with Gasteiger partial charge in [0, 0.05) is 47.4 Å². The Morgan fingerprint density at radius 3 is 2.48 bits per heavy atom. The second kappa shape index (κ2) is 7.69. The molecule has 7 heteroatoms. The smallest absolute Gasteiger partial charge is 0.253 e. The van der Waals surface area contributed by atoms with Gasteiger partial charge in [-0.3, -0.25) is 4.79 Å². The number of hydrogen-bond donors (Lipinski definition) is 2. The molecule has 2 aromatic heterocycles. The van der Waals surface area contributed by atoms with E-state index in [1.807, 2.05) is 54.6 Å². The highest BCUT2D eigenvalue weighted by molar-refractivity contribution is 7.70. The zero-order valence-corrected chi connectivity index (χ0v) is 16.9. The number of hydrogen-bond acceptors (Lipinski definition) is 4. The Balaban J connectivity index is 1.94. The maximum Gasteiger partial charge on any atom is 0.253 e. The lowest BCUT2D eigenvalue weighted by Gasteiger charge is -2.09. The predicted octanol–water partition coefficient (Wildman–Crippen LogP) is 3.39. The Morgan fingerprint density at radius 2 is 1.79 bits per heavy atom. The Labute approximate surface area is 169 Å². The van der Waals surface area contributed by atoms with Crippen LogP contribution in [0.15, 0.2) is 70.0 Å². The Hall–Kier alpha value is -3.16. The second-order valence-electron chi connectivity index (χ2n) is 6.96. The summed E-state index contributed by atoms with van der Waals surface area (Å²) in [6.45, 7) is 1.95. The van der Waals surface area contributed by atoms with Crippen LogP contribution >= 0.6 is 0 Å². The lowest BCUT2D eigenvalue weighted by atomic mass is 10.0. The van der Waals surface area contributed by atoms with Crippen LogP contribution in [0.25, 0.3) is 33.4 Å². The maximum absolute atomic E-state index is 12.1. The molecule has 0 atom stereocenters. The van der Waals surface area contributed by atoms with Crippen molar-refractivity contribution < 1.29 is 12.8 Å². The summed E-state index contributed by atoms with van der Waals surface area (Å²) in [5.74, 6) is 0.725. The van der Waals surface area contributed by atoms with Gasteiger partial charge in [-0.1, -0.05) is 30.3 Å². The van der Waals surface area contributed by atoms with Crippen molar-refractivity contribution in [3.8, 4) is 22.5 Å². The molecule has 0 aliphatic carbocycles. The topological polar surface area (TPSA) is 81.3 Å². The van der Waals surface area contributed by atoms with Crippen LogP contribution in [0, 0.1) is 6.92 Å². The van der Waals surface area contributed by atoms with E-state index in [2.05, 4.69) is 4.72 Å². The molecule has 2 aromatic carbocycles. The normalized spacial score (nSPS) is 11.4. The molecular weight excluding hydrogens is 388 g/mol. The predicted molar refractivity (Wildman–Crippen MR) is 114 cm³/mol. The standard InChI is InChI=1S/C22H20N2O4S/c1-14-8-18(13-24(2)22(14)25)19-10-15(12-23-29(26)27)9-17-11-20(28-21(17)19)16-6-4-3-5-7-16/h3-11,13,29H,12H2,1-2H3,(H,23,26,27). The number of aryl methyl sites for hydroxylation is 2. The first-order valence-corrected chi connectivity index (χ1v) is 10.3. The van der Waals surface area contributed by atoms with Crippen LogP contribution in [0.3, 0.4) is 0 Å². The molecule has 0 saturated heterocycles. The molecule has 0 aliphatic rings. The molecule has 0 bridgehead atoms. The molecule has 1 N–H and O–H groups in total. The molecule has 0 aliphatic heterocycles. The van der Waals surface area contributed by atoms with Gasteiger partial charge in [-0.25, -0.2) is 13.1 Å². The molecule has 2 heterocycles. The van der Waals surface area contributed by atoms with Crippen LogP contribution in [0.2, 0.25) is 0 Å². The monoisotopic (exact) mass is 408 g/mol. The summed E-state index contributed by atoms with van der Waals surface area (Å²) in [4.78, 5) is 12.1. The van der Waals surface area contributed by atoms with E-state index in [1.165, 1.54) is 4.57 Å². The molecule has 6 nitrogen and oxygen atoms in total. The molecule has 0 unspecified atom stereocenters. The SMILES string of the molecule is Cc1cc(-c2cc(CN[SH](=O)=O)cc3cc(-c4ccccc4)oc23)cn(C)c1=O. The molecular formula is C22H20N2O4S. The molecule has 0 radical (unpaired) electrons. The minimum atomic E-state index is -2.70. The van der Waals surface area contributed by atoms with E-state index in [0.29, 0.717) is 11.1 Å². The Bertz CT molecular complexity index is 1300. The first kappa shape index (κ1) is 19.2. The van der Waals surface area contributed by atoms with E-state index in [4.69, 9.17) is 4.42 Å². The second-order valence-corrected chi connectivity index (χ2v) is 7.79. The third kappa shape index (κ3) is 3.87. The molecule has 0 fully saturated rings. The van der Waals surface area contributed by atoms with Crippen LogP contribution in [-0.4, -0.2) is 13.0 Å². The Morgan fingerprint density at radius 1 is 1.03 bits per heavy atom. The average Bonchev–Trinajstić information content (AvgIpc) is 3.14. The molecule has 4 aromatic rings. The van der Waals surface area contributed by atoms with Crippen LogP contribution in [0.4, 0.5) is 0 Å². The molecule has 0 amide bonds. The van der Waals surface area contributed by atoms with Gasteiger partial charge in [0.25, 0.3) is 5.56 Å². The zero-order valence-electron chi connectivity index (χ0n) is 16.0. The van der Waals surface area contributed by atoms with E-state index in [-0.39, 0.29) is 12.1 Å². The van der Waals surface area contributed by atoms with E-state index in [0.717, 1.165) is 33.4 Å². The van der Waals surface area contributed by atoms with E-state index in [9.17, 15) is 13.2 Å². The van der Waals surface area contributed by atoms with Gasteiger partial charge in [-0.15, -0.1) is 0 Å². The van der Waals surface area contributed by atoms with Crippen LogP contribution in [-0.2, 0) is 24.5 Å². The van der Waals surface area contributed by atoms with Crippen molar-refractivity contribution in [3.05, 3.63) is 82.3 Å². The number of fused-ring (bicyclic) bond motifs is 1. The summed E-state index contributed by atoms with van der Waals surface area (Å²) < 4.78 is 32.1. The zero-order chi connectivity index (χ0) is 20.5. The highest BCUT2D eigenvalue weighted by Gasteiger charge is 2.15. The number of pyridine rings is 1. The third-order valence-corrected chi connectivity index (χ3v) is 5.24. The number of nitrogens with one attached hydrogen (secondary N) is 1. The quantitative estimate of drug-likeness (QED) is 0.496. The summed E-state index contributed by atoms with van der Waals surface area (Å²) >= 11 is 0. The number of aromatic nitrogens is 1. The summed E-state index contributed by atoms with van der Waals surface area (Å²) in [5, 5.41) is 0.866. The maximum atomic E-state index is 12.1. The van der Waals surface area contributed by atoms with Gasteiger partial charge >= 0.3 is 0 Å². The van der Waals surface area contributed by atoms with Gasteiger partial charge < -0.3 is 8.98 Å². The summed E-state index contributed by atoms with van der Waals surface area (Å²) in [6.07, 6.45) is 1.76. The number of furan rings is 1. The van der Waals surface area contributed by atoms with Crippen molar-refractivity contribution in [2.75, 3.05) is 0 Å². The average molecular weight is 408 g/mol. The Kier molecular flexibility index (Phi) is 5.08. The highest BCUT2D eigenvalue weighted by Crippen LogP contribution is 2.35. The fraction of sp³-hybridized carbons (Fsp3) is 0.136. The van der Waals surface area contributed by atoms with Crippen molar-refractivity contribution in [2.24, 2.45) is 7.05 Å². The van der Waals surface area contributed by atoms with Crippen molar-refractivity contribution in [2.45, 2.75) is 13.5 Å². The molecule has 148 valence electrons. The highest BCUT2D eigenvalue weighted by atomic mass is 32.2. The van der Waals surface area contributed by atoms with Crippen molar-refractivity contribution >= 4 is 21.9 Å². The number of rotatable bonds is 5. The van der Waals surface area contributed by atoms with Crippen LogP contribution in [0.5, 0.6) is 0 Å². The van der Waals surface area contributed by atoms with Crippen molar-refractivity contribution in [1.82, 2.24) is 9.29 Å². The molecule has 29 heavy (non-hydrogen) atoms. The number of thiol groups is 1. The molecule has 4 rings (SSSR count). The lowest BCUT2D eigenvalue weighted by Crippen LogP contribution is -2.18. The van der Waals surface area contributed by atoms with Gasteiger partial charge in [-0.05, 0) is 36.8 Å². The minimum Gasteiger partial charge on any atom is -0.455 e. The van der Waals surface area contributed by atoms with E-state index in [1.54, 1.807) is 20.2 Å². The van der Waals surface area contributed by atoms with E-state index >= 15 is 0 Å². The fourth-order valence-electron chi connectivity index (χ4n) is 3.46. The van der Waals surface area contributed by atoms with Crippen LogP contribution in [0.1, 0.15) is 11.1 Å². The largest absolute Gasteiger partial charge is 0.455 e. The fourth-order valence-corrected chi connectivity index (χ4v) is 3.77. The first-order valence-electron chi connectivity index (χ1n) is 9.10. The van der Waals surface area contributed by atoms with Gasteiger partial charge in [0.05, 0.1) is 0 Å². The van der Waals surface area contributed by atoms with Crippen LogP contribution < -0.4 is 10.3 Å². The van der Waals surface area contributed by atoms with Gasteiger partial charge in [0.1, 0.15) is 11.3 Å². The number of nitrogens with zero attached hydrogens (tertiary/aromatic N) is 1. The molecule has 0 spiro atoms. The van der Waals surface area contributed by atoms with Gasteiger partial charge in [-0.2, -0.15) is 0 Å². The van der Waals surface area contributed by atoms with E-state index < -0.39 is 10.9 Å². The third-order valence-electron chi connectivity index (χ3n) is 4.82. The molecule has 0 saturated carbocycles. The van der Waals surface area contributed by atoms with Gasteiger partial charge in [0.2, 0.25) is 10.9 Å². The summed E-state index contributed by atoms with van der Waals surface area (Å²) in [6, 6.07) is 17.4. The van der Waals surface area contributed by atoms with Gasteiger partial charge in [0.15, 0.2) is 0 Å². The van der Waals surface area contributed by atoms with Crippen molar-refractivity contribution in [1.29, 1.82) is 0 Å². The summed E-state index contributed by atoms with van der Waals surface area (Å²) in [5.41, 5.74) is 4.65. The first-order chi connectivity index (χ1) is 13.9. The lowest BCUT2D eigenvalue weighted by molar-refractivity contribution is 0.601.